The summed E-state index contributed by atoms with van der Waals surface area (Å²) in [4.78, 5) is 49.7. The van der Waals surface area contributed by atoms with Gasteiger partial charge in [-0.15, -0.1) is 0 Å². The van der Waals surface area contributed by atoms with E-state index in [2.05, 4.69) is 40.0 Å². The van der Waals surface area contributed by atoms with Crippen LogP contribution in [-0.4, -0.2) is 114 Å². The number of phosphoric ester groups is 2. The molecule has 8 N–H and O–H groups in total. The number of anilines is 1. The summed E-state index contributed by atoms with van der Waals surface area (Å²) in [7, 11) is -11.7. The first-order valence-corrected chi connectivity index (χ1v) is 14.1. The van der Waals surface area contributed by atoms with Crippen LogP contribution in [0, 0.1) is 0 Å². The molecule has 0 amide bonds. The second-order valence-electron chi connectivity index (χ2n) is 8.62. The van der Waals surface area contributed by atoms with Crippen molar-refractivity contribution in [1.29, 1.82) is 0 Å². The van der Waals surface area contributed by atoms with Crippen LogP contribution in [0.4, 0.5) is 5.95 Å². The predicted molar refractivity (Wildman–Crippen MR) is 123 cm³/mol. The zero-order chi connectivity index (χ0) is 29.6. The Hall–Kier alpha value is -2.20. The lowest BCUT2D eigenvalue weighted by Crippen LogP contribution is -2.58. The van der Waals surface area contributed by atoms with Crippen LogP contribution >= 0.6 is 15.6 Å². The highest BCUT2D eigenvalue weighted by molar-refractivity contribution is 7.59. The lowest BCUT2D eigenvalue weighted by atomic mass is 9.99. The molecule has 224 valence electrons. The zero-order valence-electron chi connectivity index (χ0n) is 20.0. The Morgan fingerprint density at radius 3 is 2.42 bits per heavy atom. The molecule has 0 spiro atoms. The molecule has 0 radical (unpaired) electrons. The van der Waals surface area contributed by atoms with Crippen molar-refractivity contribution in [1.82, 2.24) is 19.5 Å². The number of H-pyrrole nitrogens is 1. The Labute approximate surface area is 222 Å². The molecule has 21 nitrogen and oxygen atoms in total. The van der Waals surface area contributed by atoms with Crippen LogP contribution in [0.3, 0.4) is 0 Å². The third-order valence-electron chi connectivity index (χ3n) is 5.87. The fourth-order valence-corrected chi connectivity index (χ4v) is 6.05. The van der Waals surface area contributed by atoms with Gasteiger partial charge in [-0.25, -0.2) is 9.29 Å². The number of fused-ring (bicyclic) bond motifs is 1. The zero-order valence-corrected chi connectivity index (χ0v) is 21.8. The summed E-state index contributed by atoms with van der Waals surface area (Å²) >= 11 is 0. The van der Waals surface area contributed by atoms with E-state index in [-0.39, 0.29) is 23.7 Å². The van der Waals surface area contributed by atoms with Crippen molar-refractivity contribution in [2.75, 3.05) is 18.9 Å². The van der Waals surface area contributed by atoms with Gasteiger partial charge in [0.1, 0.15) is 42.7 Å². The topological polar surface area (TPSA) is 330 Å². The average molecular weight is 614 g/mol. The maximum absolute atomic E-state index is 12.2. The maximum atomic E-state index is 12.2. The summed E-state index contributed by atoms with van der Waals surface area (Å²) in [6.45, 7) is 1.74. The molecular weight excluding hydrogens is 590 g/mol. The van der Waals surface area contributed by atoms with Crippen molar-refractivity contribution in [3.63, 3.8) is 0 Å². The molecule has 0 aliphatic carbocycles. The minimum Gasteiger partial charge on any atom is -0.756 e. The van der Waals surface area contributed by atoms with Crippen LogP contribution in [0.15, 0.2) is 16.1 Å². The molecule has 2 aliphatic heterocycles. The van der Waals surface area contributed by atoms with E-state index in [1.165, 1.54) is 0 Å². The number of nitrogens with zero attached hydrogens (tertiary/aromatic N) is 4. The first-order valence-electron chi connectivity index (χ1n) is 11.2. The number of aromatic nitrogens is 4. The molecule has 40 heavy (non-hydrogen) atoms. The number of hydrogen-bond acceptors (Lipinski definition) is 19. The summed E-state index contributed by atoms with van der Waals surface area (Å²) in [5.41, 5.74) is 4.51. The van der Waals surface area contributed by atoms with Gasteiger partial charge in [0, 0.05) is 0 Å². The number of nitrogens with one attached hydrogen (secondary N) is 1. The van der Waals surface area contributed by atoms with Crippen molar-refractivity contribution >= 4 is 39.5 Å². The molecule has 4 heterocycles. The van der Waals surface area contributed by atoms with Crippen molar-refractivity contribution in [3.05, 3.63) is 16.7 Å². The summed E-state index contributed by atoms with van der Waals surface area (Å²) in [6.07, 6.45) is -14.9. The molecule has 23 heteroatoms. The normalized spacial score (nSPS) is 35.8. The first-order chi connectivity index (χ1) is 18.6. The quantitative estimate of drug-likeness (QED) is 0.0971. The number of ether oxygens (including phenoxy) is 2. The summed E-state index contributed by atoms with van der Waals surface area (Å²) in [5.74, 6) is -0.286. The summed E-state index contributed by atoms with van der Waals surface area (Å²) < 4.78 is 48.7. The lowest BCUT2D eigenvalue weighted by Gasteiger charge is -2.42. The number of aliphatic hydroxyl groups excluding tert-OH is 5. The molecule has 2 fully saturated rings. The van der Waals surface area contributed by atoms with Gasteiger partial charge in [0.05, 0.1) is 19.5 Å². The average Bonchev–Trinajstić information content (AvgIpc) is 3.39. The maximum Gasteiger partial charge on any atom is 0.280 e. The molecule has 2 saturated heterocycles. The summed E-state index contributed by atoms with van der Waals surface area (Å²) in [6, 6.07) is 0. The fraction of sp³-hybridized carbons (Fsp3) is 0.647. The van der Waals surface area contributed by atoms with E-state index in [4.69, 9.17) is 15.2 Å². The lowest BCUT2D eigenvalue weighted by molar-refractivity contribution is -0.300. The van der Waals surface area contributed by atoms with Crippen molar-refractivity contribution < 1.29 is 67.3 Å². The highest BCUT2D eigenvalue weighted by atomic mass is 31.3. The van der Waals surface area contributed by atoms with Gasteiger partial charge < -0.3 is 55.1 Å². The fourth-order valence-electron chi connectivity index (χ4n) is 3.96. The van der Waals surface area contributed by atoms with E-state index in [0.717, 1.165) is 10.9 Å². The molecule has 4 rings (SSSR count). The molecular formula is C17H24N6O15P2-2. The molecule has 0 bridgehead atoms. The first kappa shape index (κ1) is 30.8. The van der Waals surface area contributed by atoms with E-state index in [1.54, 1.807) is 0 Å². The van der Waals surface area contributed by atoms with Crippen LogP contribution in [0.5, 0.6) is 0 Å². The van der Waals surface area contributed by atoms with Crippen LogP contribution in [0.25, 0.3) is 11.2 Å². The predicted octanol–water partition coefficient (Wildman–Crippen LogP) is -5.18. The van der Waals surface area contributed by atoms with E-state index in [0.29, 0.717) is 0 Å². The Morgan fingerprint density at radius 2 is 1.75 bits per heavy atom. The number of hydrogen-bond donors (Lipinski definition) is 7. The Kier molecular flexibility index (Phi) is 8.91. The second-order valence-corrected chi connectivity index (χ2v) is 11.5. The molecule has 2 aliphatic rings. The van der Waals surface area contributed by atoms with Crippen molar-refractivity contribution in [2.45, 2.75) is 55.2 Å². The Balaban J connectivity index is 1.39. The third kappa shape index (κ3) is 6.32. The largest absolute Gasteiger partial charge is 0.756 e. The number of aliphatic imine (C=N–C) groups is 1. The number of aromatic amines is 1. The van der Waals surface area contributed by atoms with Gasteiger partial charge in [0.25, 0.3) is 21.2 Å². The summed E-state index contributed by atoms with van der Waals surface area (Å²) in [5, 5.41) is 50.4. The van der Waals surface area contributed by atoms with Gasteiger partial charge in [-0.2, -0.15) is 4.98 Å². The molecule has 0 aromatic carbocycles. The minimum atomic E-state index is -5.88. The highest BCUT2D eigenvalue weighted by Gasteiger charge is 2.47. The van der Waals surface area contributed by atoms with E-state index < -0.39 is 83.1 Å². The van der Waals surface area contributed by atoms with Gasteiger partial charge in [-0.1, -0.05) is 0 Å². The van der Waals surface area contributed by atoms with Crippen LogP contribution in [0.1, 0.15) is 6.23 Å². The molecule has 0 saturated carbocycles. The second kappa shape index (κ2) is 11.6. The van der Waals surface area contributed by atoms with E-state index >= 15 is 0 Å². The van der Waals surface area contributed by atoms with Crippen LogP contribution in [0.2, 0.25) is 0 Å². The smallest absolute Gasteiger partial charge is 0.280 e. The van der Waals surface area contributed by atoms with Gasteiger partial charge in [-0.3, -0.25) is 33.0 Å². The number of imidazole rings is 1. The SMILES string of the molecule is C=NCC1OC(OP(=O)([O-])OP(=O)([O-])OCC2OC(n3cnc4c(=O)[nH]c(N)nc43)C(O)C2O)C(O)C(O)C1O. The molecule has 11 unspecified atom stereocenters. The van der Waals surface area contributed by atoms with Gasteiger partial charge >= 0.3 is 0 Å². The van der Waals surface area contributed by atoms with E-state index in [1.807, 2.05) is 0 Å². The van der Waals surface area contributed by atoms with Crippen LogP contribution < -0.4 is 21.1 Å². The van der Waals surface area contributed by atoms with E-state index in [9.17, 15) is 49.2 Å². The van der Waals surface area contributed by atoms with Crippen molar-refractivity contribution in [2.24, 2.45) is 4.99 Å². The number of aliphatic hydroxyl groups is 5. The monoisotopic (exact) mass is 614 g/mol. The molecule has 2 aromatic heterocycles. The number of nitrogen functional groups attached to an aromatic ring is 1. The minimum absolute atomic E-state index is 0.128. The molecule has 2 aromatic rings. The Morgan fingerprint density at radius 1 is 1.07 bits per heavy atom. The van der Waals surface area contributed by atoms with Gasteiger partial charge in [-0.05, 0) is 6.72 Å². The third-order valence-corrected chi connectivity index (χ3v) is 8.40. The van der Waals surface area contributed by atoms with Crippen molar-refractivity contribution in [3.8, 4) is 0 Å². The van der Waals surface area contributed by atoms with Gasteiger partial charge in [0.2, 0.25) is 5.95 Å². The molecule has 11 atom stereocenters. The highest BCUT2D eigenvalue weighted by Crippen LogP contribution is 2.57. The van der Waals surface area contributed by atoms with Gasteiger partial charge in [0.15, 0.2) is 23.7 Å². The number of nitrogens with two attached hydrogens (primary N) is 1. The standard InChI is InChI=1S/C17H26N6O15P2/c1-19-2-5-8(24)10(26)12(28)16(36-5)37-40(32,33)38-39(30,31)34-3-6-9(25)11(27)15(35-6)23-4-20-7-13(23)21-17(18)22-14(7)29/h4-6,8-12,15-16,24-28H,1-3H2,(H,30,31)(H,32,33)(H3,18,21,22,29)/p-2. The van der Waals surface area contributed by atoms with Crippen LogP contribution in [-0.2, 0) is 32.0 Å². The number of phosphoric acid groups is 2. The number of rotatable bonds is 10. The Bertz CT molecular complexity index is 1390.